The maximum absolute atomic E-state index is 12.4. The van der Waals surface area contributed by atoms with Gasteiger partial charge in [-0.1, -0.05) is 17.7 Å². The molecule has 5 nitrogen and oxygen atoms in total. The number of hydrogen-bond acceptors (Lipinski definition) is 5. The zero-order valence-electron chi connectivity index (χ0n) is 13.2. The van der Waals surface area contributed by atoms with Gasteiger partial charge in [-0.05, 0) is 19.1 Å². The van der Waals surface area contributed by atoms with Crippen LogP contribution in [0.25, 0.3) is 0 Å². The minimum Gasteiger partial charge on any atom is -0.507 e. The standard InChI is InChI=1S/C17H18O5S/c1-11-4-6-13(7-5-11)23(20)10-15(19)17-14(18)8-12(21-2)9-16(17)22-3/h4-9,18H,10H2,1-3H3/t23-/m1/s1. The van der Waals surface area contributed by atoms with Crippen molar-refractivity contribution in [3.8, 4) is 17.2 Å². The molecule has 0 aromatic heterocycles. The van der Waals surface area contributed by atoms with Gasteiger partial charge in [0.1, 0.15) is 22.8 Å². The first-order valence-corrected chi connectivity index (χ1v) is 8.21. The van der Waals surface area contributed by atoms with Crippen molar-refractivity contribution >= 4 is 16.6 Å². The average Bonchev–Trinajstić information content (AvgIpc) is 2.54. The van der Waals surface area contributed by atoms with Gasteiger partial charge in [-0.2, -0.15) is 0 Å². The summed E-state index contributed by atoms with van der Waals surface area (Å²) in [5, 5.41) is 10.0. The lowest BCUT2D eigenvalue weighted by Gasteiger charge is -2.11. The summed E-state index contributed by atoms with van der Waals surface area (Å²) in [5.74, 6) is -0.393. The van der Waals surface area contributed by atoms with Crippen molar-refractivity contribution in [3.05, 3.63) is 47.5 Å². The number of aromatic hydroxyl groups is 1. The van der Waals surface area contributed by atoms with Crippen LogP contribution in [-0.2, 0) is 10.8 Å². The SMILES string of the molecule is COc1cc(O)c(C(=O)C[S@@](=O)c2ccc(C)cc2)c(OC)c1. The third kappa shape index (κ3) is 3.90. The molecule has 122 valence electrons. The minimum absolute atomic E-state index is 0.00811. The number of phenolic OH excluding ortho intramolecular Hbond substituents is 1. The lowest BCUT2D eigenvalue weighted by molar-refractivity contribution is 0.101. The van der Waals surface area contributed by atoms with Crippen LogP contribution in [0.15, 0.2) is 41.3 Å². The van der Waals surface area contributed by atoms with Crippen LogP contribution in [0.5, 0.6) is 17.2 Å². The van der Waals surface area contributed by atoms with Crippen LogP contribution in [0, 0.1) is 6.92 Å². The molecule has 0 radical (unpaired) electrons. The molecular formula is C17H18O5S. The molecule has 2 rings (SSSR count). The van der Waals surface area contributed by atoms with Crippen molar-refractivity contribution in [2.24, 2.45) is 0 Å². The highest BCUT2D eigenvalue weighted by Gasteiger charge is 2.21. The third-order valence-electron chi connectivity index (χ3n) is 3.34. The Labute approximate surface area is 137 Å². The Morgan fingerprint density at radius 1 is 1.13 bits per heavy atom. The molecule has 0 aliphatic rings. The van der Waals surface area contributed by atoms with Crippen LogP contribution in [0.3, 0.4) is 0 Å². The van der Waals surface area contributed by atoms with Crippen molar-refractivity contribution in [3.63, 3.8) is 0 Å². The molecule has 0 bridgehead atoms. The number of phenols is 1. The molecule has 0 saturated carbocycles. The highest BCUT2D eigenvalue weighted by Crippen LogP contribution is 2.33. The van der Waals surface area contributed by atoms with Crippen molar-refractivity contribution < 1.29 is 23.6 Å². The number of methoxy groups -OCH3 is 2. The number of ether oxygens (including phenoxy) is 2. The predicted molar refractivity (Wildman–Crippen MR) is 88.0 cm³/mol. The van der Waals surface area contributed by atoms with E-state index in [1.807, 2.05) is 19.1 Å². The topological polar surface area (TPSA) is 72.8 Å². The van der Waals surface area contributed by atoms with E-state index in [0.29, 0.717) is 10.6 Å². The first kappa shape index (κ1) is 17.0. The zero-order chi connectivity index (χ0) is 17.0. The Kier molecular flexibility index (Phi) is 5.39. The molecule has 0 amide bonds. The highest BCUT2D eigenvalue weighted by atomic mass is 32.2. The quantitative estimate of drug-likeness (QED) is 0.822. The molecule has 1 atom stereocenters. The van der Waals surface area contributed by atoms with Gasteiger partial charge in [0.2, 0.25) is 0 Å². The van der Waals surface area contributed by atoms with Crippen molar-refractivity contribution in [1.82, 2.24) is 0 Å². The van der Waals surface area contributed by atoms with Crippen LogP contribution in [0.2, 0.25) is 0 Å². The molecule has 0 heterocycles. The van der Waals surface area contributed by atoms with Gasteiger partial charge in [0.05, 0.1) is 30.8 Å². The molecule has 0 spiro atoms. The zero-order valence-corrected chi connectivity index (χ0v) is 14.0. The largest absolute Gasteiger partial charge is 0.507 e. The van der Waals surface area contributed by atoms with Crippen LogP contribution in [-0.4, -0.2) is 35.1 Å². The van der Waals surface area contributed by atoms with E-state index in [-0.39, 0.29) is 22.8 Å². The first-order valence-electron chi connectivity index (χ1n) is 6.89. The Bertz CT molecular complexity index is 737. The second kappa shape index (κ2) is 7.28. The fraction of sp³-hybridized carbons (Fsp3) is 0.235. The number of rotatable bonds is 6. The number of ketones is 1. The van der Waals surface area contributed by atoms with Gasteiger partial charge in [-0.15, -0.1) is 0 Å². The third-order valence-corrected chi connectivity index (χ3v) is 4.66. The molecule has 0 aliphatic heterocycles. The second-order valence-electron chi connectivity index (χ2n) is 4.95. The summed E-state index contributed by atoms with van der Waals surface area (Å²) < 4.78 is 22.5. The Morgan fingerprint density at radius 3 is 2.35 bits per heavy atom. The number of Topliss-reactive ketones (excluding diaryl/α,β-unsaturated/α-hetero) is 1. The van der Waals surface area contributed by atoms with E-state index < -0.39 is 16.6 Å². The average molecular weight is 334 g/mol. The second-order valence-corrected chi connectivity index (χ2v) is 6.40. The van der Waals surface area contributed by atoms with Gasteiger partial charge in [-0.3, -0.25) is 9.00 Å². The molecular weight excluding hydrogens is 316 g/mol. The van der Waals surface area contributed by atoms with Gasteiger partial charge in [0.25, 0.3) is 0 Å². The Hall–Kier alpha value is -2.34. The molecule has 0 aliphatic carbocycles. The summed E-state index contributed by atoms with van der Waals surface area (Å²) in [6, 6.07) is 9.95. The van der Waals surface area contributed by atoms with Gasteiger partial charge in [0, 0.05) is 17.0 Å². The number of aryl methyl sites for hydroxylation is 1. The molecule has 2 aromatic rings. The molecule has 23 heavy (non-hydrogen) atoms. The summed E-state index contributed by atoms with van der Waals surface area (Å²) in [6.45, 7) is 1.93. The summed E-state index contributed by atoms with van der Waals surface area (Å²) >= 11 is 0. The fourth-order valence-electron chi connectivity index (χ4n) is 2.10. The molecule has 1 N–H and O–H groups in total. The van der Waals surface area contributed by atoms with Crippen LogP contribution < -0.4 is 9.47 Å². The van der Waals surface area contributed by atoms with Crippen LogP contribution >= 0.6 is 0 Å². The van der Waals surface area contributed by atoms with Crippen molar-refractivity contribution in [2.75, 3.05) is 20.0 Å². The van der Waals surface area contributed by atoms with Gasteiger partial charge in [-0.25, -0.2) is 0 Å². The maximum atomic E-state index is 12.4. The van der Waals surface area contributed by atoms with E-state index >= 15 is 0 Å². The van der Waals surface area contributed by atoms with Crippen molar-refractivity contribution in [1.29, 1.82) is 0 Å². The molecule has 0 fully saturated rings. The van der Waals surface area contributed by atoms with Gasteiger partial charge < -0.3 is 14.6 Å². The summed E-state index contributed by atoms with van der Waals surface area (Å²) in [5.41, 5.74) is 1.06. The lowest BCUT2D eigenvalue weighted by Crippen LogP contribution is -2.13. The molecule has 2 aromatic carbocycles. The molecule has 6 heteroatoms. The predicted octanol–water partition coefficient (Wildman–Crippen LogP) is 2.71. The van der Waals surface area contributed by atoms with E-state index in [0.717, 1.165) is 5.56 Å². The summed E-state index contributed by atoms with van der Waals surface area (Å²) in [4.78, 5) is 13.0. The molecule has 0 saturated heterocycles. The van der Waals surface area contributed by atoms with Crippen molar-refractivity contribution in [2.45, 2.75) is 11.8 Å². The monoisotopic (exact) mass is 334 g/mol. The highest BCUT2D eigenvalue weighted by molar-refractivity contribution is 7.85. The Morgan fingerprint density at radius 2 is 1.78 bits per heavy atom. The summed E-state index contributed by atoms with van der Waals surface area (Å²) in [6.07, 6.45) is 0. The first-order chi connectivity index (χ1) is 11.0. The van der Waals surface area contributed by atoms with E-state index in [1.54, 1.807) is 12.1 Å². The summed E-state index contributed by atoms with van der Waals surface area (Å²) in [7, 11) is 1.34. The number of hydrogen-bond donors (Lipinski definition) is 1. The molecule has 0 unspecified atom stereocenters. The number of benzene rings is 2. The number of carbonyl (C=O) groups is 1. The lowest BCUT2D eigenvalue weighted by atomic mass is 10.1. The smallest absolute Gasteiger partial charge is 0.183 e. The minimum atomic E-state index is -1.50. The maximum Gasteiger partial charge on any atom is 0.183 e. The normalized spacial score (nSPS) is 11.8. The van der Waals surface area contributed by atoms with E-state index in [1.165, 1.54) is 26.4 Å². The van der Waals surface area contributed by atoms with E-state index in [4.69, 9.17) is 9.47 Å². The fourth-order valence-corrected chi connectivity index (χ4v) is 3.09. The number of carbonyl (C=O) groups excluding carboxylic acids is 1. The van der Waals surface area contributed by atoms with E-state index in [2.05, 4.69) is 0 Å². The van der Waals surface area contributed by atoms with E-state index in [9.17, 15) is 14.1 Å². The van der Waals surface area contributed by atoms with Crippen LogP contribution in [0.1, 0.15) is 15.9 Å². The van der Waals surface area contributed by atoms with Gasteiger partial charge >= 0.3 is 0 Å². The van der Waals surface area contributed by atoms with Gasteiger partial charge in [0.15, 0.2) is 5.78 Å². The van der Waals surface area contributed by atoms with Crippen LogP contribution in [0.4, 0.5) is 0 Å². The Balaban J connectivity index is 2.27.